The van der Waals surface area contributed by atoms with E-state index >= 15 is 0 Å². The van der Waals surface area contributed by atoms with Crippen LogP contribution in [-0.2, 0) is 16.1 Å². The van der Waals surface area contributed by atoms with Gasteiger partial charge in [-0.2, -0.15) is 0 Å². The maximum atomic E-state index is 12.3. The molecule has 2 unspecified atom stereocenters. The van der Waals surface area contributed by atoms with Crippen LogP contribution in [-0.4, -0.2) is 62.6 Å². The molecule has 3 heterocycles. The minimum Gasteiger partial charge on any atom is -0.376 e. The van der Waals surface area contributed by atoms with Crippen molar-refractivity contribution in [3.63, 3.8) is 0 Å². The van der Waals surface area contributed by atoms with Crippen LogP contribution >= 0.6 is 11.8 Å². The Balaban J connectivity index is 1.50. The Labute approximate surface area is 134 Å². The van der Waals surface area contributed by atoms with E-state index in [1.807, 2.05) is 4.90 Å². The first-order chi connectivity index (χ1) is 10.7. The van der Waals surface area contributed by atoms with Gasteiger partial charge in [0.2, 0.25) is 11.1 Å². The summed E-state index contributed by atoms with van der Waals surface area (Å²) in [6.45, 7) is 5.45. The Morgan fingerprint density at radius 2 is 2.32 bits per heavy atom. The van der Waals surface area contributed by atoms with Crippen molar-refractivity contribution in [2.24, 2.45) is 5.92 Å². The maximum Gasteiger partial charge on any atom is 0.233 e. The number of nitrogens with zero attached hydrogens (tertiary/aromatic N) is 5. The van der Waals surface area contributed by atoms with Crippen LogP contribution in [0.1, 0.15) is 32.6 Å². The zero-order valence-electron chi connectivity index (χ0n) is 13.0. The van der Waals surface area contributed by atoms with Crippen LogP contribution in [0.4, 0.5) is 0 Å². The number of likely N-dealkylation sites (tertiary alicyclic amines) is 1. The molecule has 1 aromatic rings. The summed E-state index contributed by atoms with van der Waals surface area (Å²) in [5.74, 6) is 1.19. The molecule has 1 aromatic heterocycles. The second kappa shape index (κ2) is 7.41. The van der Waals surface area contributed by atoms with Gasteiger partial charge in [-0.3, -0.25) is 4.79 Å². The minimum absolute atomic E-state index is 0.184. The van der Waals surface area contributed by atoms with Crippen LogP contribution < -0.4 is 0 Å². The quantitative estimate of drug-likeness (QED) is 0.758. The number of ether oxygens (including phenoxy) is 1. The highest BCUT2D eigenvalue weighted by Gasteiger charge is 2.23. The Morgan fingerprint density at radius 3 is 3.09 bits per heavy atom. The predicted molar refractivity (Wildman–Crippen MR) is 82.5 cm³/mol. The SMILES string of the molecule is CC1CCCN(C(=O)CSc2nnnn2CC2CCCO2)C1. The summed E-state index contributed by atoms with van der Waals surface area (Å²) in [5, 5.41) is 12.5. The van der Waals surface area contributed by atoms with Crippen molar-refractivity contribution in [1.29, 1.82) is 0 Å². The van der Waals surface area contributed by atoms with E-state index in [2.05, 4.69) is 22.4 Å². The van der Waals surface area contributed by atoms with Crippen LogP contribution in [0.25, 0.3) is 0 Å². The topological polar surface area (TPSA) is 73.1 Å². The molecule has 122 valence electrons. The van der Waals surface area contributed by atoms with E-state index in [4.69, 9.17) is 4.74 Å². The van der Waals surface area contributed by atoms with Crippen molar-refractivity contribution in [3.05, 3.63) is 0 Å². The predicted octanol–water partition coefficient (Wildman–Crippen LogP) is 1.20. The fraction of sp³-hybridized carbons (Fsp3) is 0.857. The van der Waals surface area contributed by atoms with Crippen LogP contribution in [0.3, 0.4) is 0 Å². The van der Waals surface area contributed by atoms with Gasteiger partial charge in [-0.15, -0.1) is 5.10 Å². The molecule has 1 amide bonds. The minimum atomic E-state index is 0.184. The summed E-state index contributed by atoms with van der Waals surface area (Å²) in [6, 6.07) is 0. The van der Waals surface area contributed by atoms with E-state index in [9.17, 15) is 4.79 Å². The Bertz CT molecular complexity index is 503. The fourth-order valence-corrected chi connectivity index (χ4v) is 3.82. The van der Waals surface area contributed by atoms with Crippen molar-refractivity contribution in [1.82, 2.24) is 25.1 Å². The smallest absolute Gasteiger partial charge is 0.233 e. The first-order valence-electron chi connectivity index (χ1n) is 8.00. The fourth-order valence-electron chi connectivity index (χ4n) is 3.03. The van der Waals surface area contributed by atoms with Crippen molar-refractivity contribution in [2.45, 2.75) is 50.4 Å². The number of aromatic nitrogens is 4. The molecule has 2 atom stereocenters. The third-order valence-corrected chi connectivity index (χ3v) is 5.18. The van der Waals surface area contributed by atoms with Crippen molar-refractivity contribution >= 4 is 17.7 Å². The van der Waals surface area contributed by atoms with Crippen LogP contribution in [0.15, 0.2) is 5.16 Å². The summed E-state index contributed by atoms with van der Waals surface area (Å²) in [5.41, 5.74) is 0. The molecule has 0 spiro atoms. The molecular formula is C14H23N5O2S. The van der Waals surface area contributed by atoms with Gasteiger partial charge >= 0.3 is 0 Å². The third kappa shape index (κ3) is 3.98. The van der Waals surface area contributed by atoms with Gasteiger partial charge in [0.25, 0.3) is 0 Å². The molecule has 2 saturated heterocycles. The van der Waals surface area contributed by atoms with E-state index in [0.29, 0.717) is 23.4 Å². The summed E-state index contributed by atoms with van der Waals surface area (Å²) in [7, 11) is 0. The second-order valence-electron chi connectivity index (χ2n) is 6.15. The number of hydrogen-bond acceptors (Lipinski definition) is 6. The number of carbonyl (C=O) groups excluding carboxylic acids is 1. The first-order valence-corrected chi connectivity index (χ1v) is 8.99. The number of thioether (sulfide) groups is 1. The average Bonchev–Trinajstić information content (AvgIpc) is 3.17. The van der Waals surface area contributed by atoms with Gasteiger partial charge in [0, 0.05) is 19.7 Å². The van der Waals surface area contributed by atoms with Gasteiger partial charge < -0.3 is 9.64 Å². The molecule has 0 aromatic carbocycles. The largest absolute Gasteiger partial charge is 0.376 e. The number of rotatable bonds is 5. The van der Waals surface area contributed by atoms with E-state index in [0.717, 1.165) is 39.0 Å². The average molecular weight is 325 g/mol. The monoisotopic (exact) mass is 325 g/mol. The molecule has 0 bridgehead atoms. The van der Waals surface area contributed by atoms with E-state index < -0.39 is 0 Å². The van der Waals surface area contributed by atoms with Crippen LogP contribution in [0.5, 0.6) is 0 Å². The molecule has 0 radical (unpaired) electrons. The molecule has 2 aliphatic heterocycles. The summed E-state index contributed by atoms with van der Waals surface area (Å²) >= 11 is 1.42. The Morgan fingerprint density at radius 1 is 1.41 bits per heavy atom. The second-order valence-corrected chi connectivity index (χ2v) is 7.10. The lowest BCUT2D eigenvalue weighted by molar-refractivity contribution is -0.130. The molecule has 0 saturated carbocycles. The van der Waals surface area contributed by atoms with Crippen molar-refractivity contribution in [2.75, 3.05) is 25.4 Å². The molecule has 7 nitrogen and oxygen atoms in total. The zero-order chi connectivity index (χ0) is 15.4. The molecule has 2 aliphatic rings. The molecular weight excluding hydrogens is 302 g/mol. The van der Waals surface area contributed by atoms with Gasteiger partial charge in [-0.25, -0.2) is 4.68 Å². The molecule has 8 heteroatoms. The molecule has 3 rings (SSSR count). The number of carbonyl (C=O) groups is 1. The van der Waals surface area contributed by atoms with Gasteiger partial charge in [-0.1, -0.05) is 18.7 Å². The molecule has 22 heavy (non-hydrogen) atoms. The van der Waals surface area contributed by atoms with Crippen molar-refractivity contribution < 1.29 is 9.53 Å². The highest BCUT2D eigenvalue weighted by atomic mass is 32.2. The lowest BCUT2D eigenvalue weighted by Crippen LogP contribution is -2.40. The Hall–Kier alpha value is -1.15. The normalized spacial score (nSPS) is 25.6. The van der Waals surface area contributed by atoms with Gasteiger partial charge in [0.1, 0.15) is 0 Å². The van der Waals surface area contributed by atoms with Gasteiger partial charge in [0.05, 0.1) is 18.4 Å². The highest BCUT2D eigenvalue weighted by Crippen LogP contribution is 2.20. The van der Waals surface area contributed by atoms with Crippen molar-refractivity contribution in [3.8, 4) is 0 Å². The van der Waals surface area contributed by atoms with Gasteiger partial charge in [0.15, 0.2) is 0 Å². The maximum absolute atomic E-state index is 12.3. The molecule has 0 aliphatic carbocycles. The van der Waals surface area contributed by atoms with Crippen LogP contribution in [0.2, 0.25) is 0 Å². The highest BCUT2D eigenvalue weighted by molar-refractivity contribution is 7.99. The van der Waals surface area contributed by atoms with E-state index in [-0.39, 0.29) is 12.0 Å². The van der Waals surface area contributed by atoms with Crippen LogP contribution in [0, 0.1) is 5.92 Å². The van der Waals surface area contributed by atoms with E-state index in [1.165, 1.54) is 18.2 Å². The van der Waals surface area contributed by atoms with Gasteiger partial charge in [-0.05, 0) is 42.0 Å². The number of piperidine rings is 1. The summed E-state index contributed by atoms with van der Waals surface area (Å²) < 4.78 is 7.37. The lowest BCUT2D eigenvalue weighted by Gasteiger charge is -2.30. The molecule has 0 N–H and O–H groups in total. The Kier molecular flexibility index (Phi) is 5.30. The first kappa shape index (κ1) is 15.7. The third-order valence-electron chi connectivity index (χ3n) is 4.23. The number of amides is 1. The molecule has 2 fully saturated rings. The summed E-state index contributed by atoms with van der Waals surface area (Å²) in [6.07, 6.45) is 4.67. The number of hydrogen-bond donors (Lipinski definition) is 0. The lowest BCUT2D eigenvalue weighted by atomic mass is 10.0. The van der Waals surface area contributed by atoms with E-state index in [1.54, 1.807) is 4.68 Å². The number of tetrazole rings is 1. The standard InChI is InChI=1S/C14H23N5O2S/c1-11-4-2-6-18(8-11)13(20)10-22-14-15-16-17-19(14)9-12-5-3-7-21-12/h11-12H,2-10H2,1H3. The summed E-state index contributed by atoms with van der Waals surface area (Å²) in [4.78, 5) is 14.3. The zero-order valence-corrected chi connectivity index (χ0v) is 13.8.